The first-order chi connectivity index (χ1) is 13.7. The summed E-state index contributed by atoms with van der Waals surface area (Å²) in [5.74, 6) is 0.275. The van der Waals surface area contributed by atoms with Crippen LogP contribution in [0, 0.1) is 19.8 Å². The van der Waals surface area contributed by atoms with Crippen LogP contribution in [0.15, 0.2) is 36.4 Å². The van der Waals surface area contributed by atoms with Gasteiger partial charge in [0.15, 0.2) is 0 Å². The van der Waals surface area contributed by atoms with Crippen molar-refractivity contribution in [1.29, 1.82) is 0 Å². The van der Waals surface area contributed by atoms with E-state index in [0.29, 0.717) is 27.8 Å². The van der Waals surface area contributed by atoms with Gasteiger partial charge in [0.1, 0.15) is 0 Å². The highest BCUT2D eigenvalue weighted by atomic mass is 35.5. The molecule has 0 aromatic heterocycles. The molecule has 1 unspecified atom stereocenters. The number of anilines is 1. The normalized spacial score (nSPS) is 16.3. The van der Waals surface area contributed by atoms with Crippen LogP contribution in [0.25, 0.3) is 0 Å². The zero-order valence-corrected chi connectivity index (χ0v) is 18.2. The van der Waals surface area contributed by atoms with Gasteiger partial charge in [0.05, 0.1) is 0 Å². The van der Waals surface area contributed by atoms with Crippen molar-refractivity contribution < 1.29 is 9.59 Å². The topological polar surface area (TPSA) is 52.7 Å². The van der Waals surface area contributed by atoms with Crippen LogP contribution in [0.1, 0.15) is 38.3 Å². The predicted molar refractivity (Wildman–Crippen MR) is 118 cm³/mol. The third-order valence-corrected chi connectivity index (χ3v) is 5.77. The van der Waals surface area contributed by atoms with Crippen molar-refractivity contribution in [3.8, 4) is 0 Å². The Hall–Kier alpha value is -2.37. The molecular weight excluding hydrogens is 386 g/mol. The Labute approximate surface area is 177 Å². The highest BCUT2D eigenvalue weighted by Gasteiger charge is 2.27. The minimum atomic E-state index is -0.244. The van der Waals surface area contributed by atoms with Gasteiger partial charge in [-0.3, -0.25) is 9.59 Å². The number of nitrogens with one attached hydrogen (secondary N) is 1. The molecule has 1 fully saturated rings. The van der Waals surface area contributed by atoms with E-state index in [1.54, 1.807) is 18.2 Å². The zero-order chi connectivity index (χ0) is 21.1. The van der Waals surface area contributed by atoms with Crippen LogP contribution in [0.2, 0.25) is 5.02 Å². The third kappa shape index (κ3) is 5.17. The van der Waals surface area contributed by atoms with Gasteiger partial charge in [-0.25, -0.2) is 0 Å². The minimum Gasteiger partial charge on any atom is -0.338 e. The first-order valence-electron chi connectivity index (χ1n) is 9.86. The molecule has 2 amide bonds. The molecule has 0 bridgehead atoms. The van der Waals surface area contributed by atoms with E-state index in [1.807, 2.05) is 36.9 Å². The van der Waals surface area contributed by atoms with Crippen LogP contribution >= 0.6 is 11.6 Å². The maximum absolute atomic E-state index is 13.0. The smallest absolute Gasteiger partial charge is 0.255 e. The van der Waals surface area contributed by atoms with Crippen molar-refractivity contribution in [2.75, 3.05) is 39.0 Å². The van der Waals surface area contributed by atoms with Crippen LogP contribution in [0.3, 0.4) is 0 Å². The number of nitrogens with zero attached hydrogens (tertiary/aromatic N) is 2. The molecule has 1 heterocycles. The molecule has 2 aromatic carbocycles. The van der Waals surface area contributed by atoms with Crippen molar-refractivity contribution in [2.24, 2.45) is 5.92 Å². The molecule has 5 nitrogen and oxygen atoms in total. The Morgan fingerprint density at radius 1 is 1.10 bits per heavy atom. The monoisotopic (exact) mass is 413 g/mol. The van der Waals surface area contributed by atoms with E-state index < -0.39 is 0 Å². The molecule has 154 valence electrons. The highest BCUT2D eigenvalue weighted by Crippen LogP contribution is 2.24. The standard InChI is InChI=1S/C23H28ClN3O2/c1-15-5-7-18(11-20(15)24)22(28)25-21-12-19(8-6-16(21)2)23(29)27-10-9-17(14-27)13-26(3)4/h5-8,11-12,17H,9-10,13-14H2,1-4H3,(H,25,28). The zero-order valence-electron chi connectivity index (χ0n) is 17.5. The lowest BCUT2D eigenvalue weighted by Crippen LogP contribution is -2.30. The van der Waals surface area contributed by atoms with Gasteiger partial charge in [-0.05, 0) is 75.7 Å². The lowest BCUT2D eigenvalue weighted by Gasteiger charge is -2.19. The lowest BCUT2D eigenvalue weighted by atomic mass is 10.1. The molecule has 29 heavy (non-hydrogen) atoms. The van der Waals surface area contributed by atoms with E-state index in [0.717, 1.165) is 37.2 Å². The fraction of sp³-hybridized carbons (Fsp3) is 0.391. The third-order valence-electron chi connectivity index (χ3n) is 5.36. The number of halogens is 1. The molecule has 6 heteroatoms. The molecule has 1 aliphatic heterocycles. The summed E-state index contributed by atoms with van der Waals surface area (Å²) in [6.07, 6.45) is 1.02. The average molecular weight is 414 g/mol. The quantitative estimate of drug-likeness (QED) is 0.797. The summed E-state index contributed by atoms with van der Waals surface area (Å²) in [5.41, 5.74) is 3.55. The first-order valence-corrected chi connectivity index (χ1v) is 10.2. The minimum absolute atomic E-state index is 0.0140. The van der Waals surface area contributed by atoms with Crippen molar-refractivity contribution in [3.05, 3.63) is 63.7 Å². The molecule has 0 radical (unpaired) electrons. The number of likely N-dealkylation sites (tertiary alicyclic amines) is 1. The van der Waals surface area contributed by atoms with E-state index in [-0.39, 0.29) is 11.8 Å². The predicted octanol–water partition coefficient (Wildman–Crippen LogP) is 4.23. The second-order valence-electron chi connectivity index (χ2n) is 8.12. The molecular formula is C23H28ClN3O2. The Balaban J connectivity index is 1.73. The van der Waals surface area contributed by atoms with Crippen molar-refractivity contribution >= 4 is 29.1 Å². The van der Waals surface area contributed by atoms with Crippen LogP contribution in [0.5, 0.6) is 0 Å². The second kappa shape index (κ2) is 8.97. The summed E-state index contributed by atoms with van der Waals surface area (Å²) in [7, 11) is 4.11. The fourth-order valence-corrected chi connectivity index (χ4v) is 3.86. The van der Waals surface area contributed by atoms with Crippen molar-refractivity contribution in [1.82, 2.24) is 9.80 Å². The number of hydrogen-bond donors (Lipinski definition) is 1. The molecule has 3 rings (SSSR count). The van der Waals surface area contributed by atoms with E-state index in [1.165, 1.54) is 0 Å². The van der Waals surface area contributed by atoms with Crippen molar-refractivity contribution in [2.45, 2.75) is 20.3 Å². The number of hydrogen-bond acceptors (Lipinski definition) is 3. The molecule has 1 saturated heterocycles. The Kier molecular flexibility index (Phi) is 6.60. The molecule has 1 aliphatic rings. The summed E-state index contributed by atoms with van der Waals surface area (Å²) in [4.78, 5) is 29.7. The van der Waals surface area contributed by atoms with Crippen LogP contribution in [-0.2, 0) is 0 Å². The number of amides is 2. The Bertz CT molecular complexity index is 926. The first kappa shape index (κ1) is 21.3. The van der Waals surface area contributed by atoms with Gasteiger partial charge >= 0.3 is 0 Å². The molecule has 2 aromatic rings. The van der Waals surface area contributed by atoms with Gasteiger partial charge in [0, 0.05) is 41.5 Å². The highest BCUT2D eigenvalue weighted by molar-refractivity contribution is 6.31. The summed E-state index contributed by atoms with van der Waals surface area (Å²) in [6.45, 7) is 6.33. The van der Waals surface area contributed by atoms with Gasteiger partial charge in [0.2, 0.25) is 0 Å². The van der Waals surface area contributed by atoms with E-state index in [2.05, 4.69) is 24.3 Å². The SMILES string of the molecule is Cc1ccc(C(=O)Nc2cc(C(=O)N3CCC(CN(C)C)C3)ccc2C)cc1Cl. The largest absolute Gasteiger partial charge is 0.338 e. The van der Waals surface area contributed by atoms with Crippen LogP contribution in [-0.4, -0.2) is 55.3 Å². The molecule has 0 aliphatic carbocycles. The van der Waals surface area contributed by atoms with Gasteiger partial charge in [-0.2, -0.15) is 0 Å². The number of benzene rings is 2. The number of aryl methyl sites for hydroxylation is 2. The second-order valence-corrected chi connectivity index (χ2v) is 8.52. The summed E-state index contributed by atoms with van der Waals surface area (Å²) in [5, 5.41) is 3.47. The maximum atomic E-state index is 13.0. The van der Waals surface area contributed by atoms with Gasteiger partial charge < -0.3 is 15.1 Å². The van der Waals surface area contributed by atoms with Crippen LogP contribution in [0.4, 0.5) is 5.69 Å². The van der Waals surface area contributed by atoms with E-state index in [9.17, 15) is 9.59 Å². The van der Waals surface area contributed by atoms with Gasteiger partial charge in [-0.1, -0.05) is 23.7 Å². The maximum Gasteiger partial charge on any atom is 0.255 e. The number of carbonyl (C=O) groups excluding carboxylic acids is 2. The summed E-state index contributed by atoms with van der Waals surface area (Å²) < 4.78 is 0. The number of rotatable bonds is 5. The molecule has 0 spiro atoms. The molecule has 1 N–H and O–H groups in total. The van der Waals surface area contributed by atoms with Crippen molar-refractivity contribution in [3.63, 3.8) is 0 Å². The van der Waals surface area contributed by atoms with Gasteiger partial charge in [-0.15, -0.1) is 0 Å². The lowest BCUT2D eigenvalue weighted by molar-refractivity contribution is 0.0784. The molecule has 0 saturated carbocycles. The van der Waals surface area contributed by atoms with E-state index >= 15 is 0 Å². The summed E-state index contributed by atoms with van der Waals surface area (Å²) in [6, 6.07) is 10.7. The van der Waals surface area contributed by atoms with Gasteiger partial charge in [0.25, 0.3) is 11.8 Å². The fourth-order valence-electron chi connectivity index (χ4n) is 3.68. The Morgan fingerprint density at radius 2 is 1.79 bits per heavy atom. The van der Waals surface area contributed by atoms with E-state index in [4.69, 9.17) is 11.6 Å². The number of carbonyl (C=O) groups is 2. The Morgan fingerprint density at radius 3 is 2.48 bits per heavy atom. The summed E-state index contributed by atoms with van der Waals surface area (Å²) >= 11 is 6.14. The molecule has 1 atom stereocenters. The average Bonchev–Trinajstić information content (AvgIpc) is 3.12. The van der Waals surface area contributed by atoms with Crippen LogP contribution < -0.4 is 5.32 Å².